The van der Waals surface area contributed by atoms with E-state index < -0.39 is 6.10 Å². The van der Waals surface area contributed by atoms with Crippen molar-refractivity contribution in [2.75, 3.05) is 6.61 Å². The van der Waals surface area contributed by atoms with Crippen molar-refractivity contribution < 1.29 is 9.84 Å². The van der Waals surface area contributed by atoms with Gasteiger partial charge in [0.15, 0.2) is 0 Å². The molecule has 0 aromatic carbocycles. The summed E-state index contributed by atoms with van der Waals surface area (Å²) in [7, 11) is 0. The van der Waals surface area contributed by atoms with Gasteiger partial charge in [-0.25, -0.2) is 4.98 Å². The van der Waals surface area contributed by atoms with Crippen LogP contribution in [0, 0.1) is 0 Å². The van der Waals surface area contributed by atoms with Gasteiger partial charge in [-0.1, -0.05) is 25.7 Å². The summed E-state index contributed by atoms with van der Waals surface area (Å²) in [5.74, 6) is 0.961. The molecule has 1 aliphatic rings. The van der Waals surface area contributed by atoms with E-state index >= 15 is 0 Å². The van der Waals surface area contributed by atoms with Crippen LogP contribution in [0.25, 0.3) is 0 Å². The van der Waals surface area contributed by atoms with Gasteiger partial charge < -0.3 is 14.4 Å². The van der Waals surface area contributed by atoms with Gasteiger partial charge in [0.05, 0.1) is 11.7 Å². The molecule has 0 aliphatic heterocycles. The Morgan fingerprint density at radius 3 is 2.60 bits per heavy atom. The minimum atomic E-state index is -0.465. The number of ether oxygens (including phenoxy) is 1. The number of rotatable bonds is 6. The molecule has 1 aromatic rings. The summed E-state index contributed by atoms with van der Waals surface area (Å²) in [5.41, 5.74) is -0.365. The summed E-state index contributed by atoms with van der Waals surface area (Å²) in [6, 6.07) is 0. The Morgan fingerprint density at radius 2 is 2.00 bits per heavy atom. The van der Waals surface area contributed by atoms with Crippen molar-refractivity contribution in [3.05, 3.63) is 18.2 Å². The fourth-order valence-electron chi connectivity index (χ4n) is 3.37. The Hall–Kier alpha value is -0.870. The number of nitrogens with zero attached hydrogens (tertiary/aromatic N) is 2. The molecule has 20 heavy (non-hydrogen) atoms. The summed E-state index contributed by atoms with van der Waals surface area (Å²) in [4.78, 5) is 4.38. The van der Waals surface area contributed by atoms with Gasteiger partial charge in [-0.15, -0.1) is 0 Å². The second kappa shape index (κ2) is 7.23. The lowest BCUT2D eigenvalue weighted by Gasteiger charge is -2.37. The van der Waals surface area contributed by atoms with Crippen LogP contribution >= 0.6 is 0 Å². The molecule has 1 heterocycles. The molecule has 0 amide bonds. The van der Waals surface area contributed by atoms with Crippen molar-refractivity contribution in [1.82, 2.24) is 9.55 Å². The highest BCUT2D eigenvalue weighted by molar-refractivity contribution is 5.00. The van der Waals surface area contributed by atoms with Crippen molar-refractivity contribution >= 4 is 0 Å². The largest absolute Gasteiger partial charge is 0.390 e. The summed E-state index contributed by atoms with van der Waals surface area (Å²) in [6.45, 7) is 5.68. The maximum atomic E-state index is 10.8. The molecule has 0 radical (unpaired) electrons. The average Bonchev–Trinajstić information content (AvgIpc) is 2.75. The molecular formula is C16H28N2O2. The molecule has 1 aliphatic carbocycles. The molecule has 1 atom stereocenters. The van der Waals surface area contributed by atoms with Crippen LogP contribution in [0.5, 0.6) is 0 Å². The van der Waals surface area contributed by atoms with Crippen molar-refractivity contribution in [2.24, 2.45) is 0 Å². The zero-order valence-corrected chi connectivity index (χ0v) is 12.8. The van der Waals surface area contributed by atoms with Crippen LogP contribution < -0.4 is 0 Å². The minimum absolute atomic E-state index is 0.365. The fourth-order valence-corrected chi connectivity index (χ4v) is 3.37. The maximum Gasteiger partial charge on any atom is 0.111 e. The third kappa shape index (κ3) is 3.41. The Kier molecular flexibility index (Phi) is 5.61. The van der Waals surface area contributed by atoms with Gasteiger partial charge in [0.25, 0.3) is 0 Å². The molecule has 1 fully saturated rings. The predicted molar refractivity (Wildman–Crippen MR) is 79.7 cm³/mol. The van der Waals surface area contributed by atoms with Crippen LogP contribution in [-0.4, -0.2) is 33.0 Å². The Balaban J connectivity index is 2.11. The standard InChI is InChI=1S/C16H28N2O2/c1-3-18-12-11-17-15(18)13-14(19)16(20-4-2)9-7-5-6-8-10-16/h11-12,14,19H,3-10,13H2,1-2H3. The highest BCUT2D eigenvalue weighted by atomic mass is 16.5. The highest BCUT2D eigenvalue weighted by Crippen LogP contribution is 2.34. The van der Waals surface area contributed by atoms with Crippen LogP contribution in [0.1, 0.15) is 58.2 Å². The van der Waals surface area contributed by atoms with Crippen LogP contribution in [0.15, 0.2) is 12.4 Å². The molecule has 114 valence electrons. The van der Waals surface area contributed by atoms with Crippen molar-refractivity contribution in [3.63, 3.8) is 0 Å². The van der Waals surface area contributed by atoms with Gasteiger partial charge in [0.1, 0.15) is 5.82 Å². The number of imidazole rings is 1. The molecule has 0 bridgehead atoms. The first-order chi connectivity index (χ1) is 9.72. The molecule has 2 rings (SSSR count). The number of aryl methyl sites for hydroxylation is 1. The Morgan fingerprint density at radius 1 is 1.30 bits per heavy atom. The molecule has 1 aromatic heterocycles. The van der Waals surface area contributed by atoms with Crippen molar-refractivity contribution in [2.45, 2.75) is 77.0 Å². The van der Waals surface area contributed by atoms with Gasteiger partial charge >= 0.3 is 0 Å². The normalized spacial score (nSPS) is 20.6. The minimum Gasteiger partial charge on any atom is -0.390 e. The number of hydrogen-bond acceptors (Lipinski definition) is 3. The van der Waals surface area contributed by atoms with Crippen molar-refractivity contribution in [3.8, 4) is 0 Å². The number of aliphatic hydroxyl groups excluding tert-OH is 1. The second-order valence-corrected chi connectivity index (χ2v) is 5.76. The molecule has 4 nitrogen and oxygen atoms in total. The first-order valence-electron chi connectivity index (χ1n) is 8.04. The van der Waals surface area contributed by atoms with Crippen molar-refractivity contribution in [1.29, 1.82) is 0 Å². The monoisotopic (exact) mass is 280 g/mol. The quantitative estimate of drug-likeness (QED) is 0.815. The van der Waals surface area contributed by atoms with Crippen LogP contribution in [0.4, 0.5) is 0 Å². The summed E-state index contributed by atoms with van der Waals surface area (Å²) in [6.07, 6.45) is 10.7. The zero-order chi connectivity index (χ0) is 14.4. The molecule has 1 saturated carbocycles. The predicted octanol–water partition coefficient (Wildman–Crippen LogP) is 2.94. The first kappa shape index (κ1) is 15.5. The van der Waals surface area contributed by atoms with E-state index in [0.717, 1.165) is 38.1 Å². The average molecular weight is 280 g/mol. The number of hydrogen-bond donors (Lipinski definition) is 1. The van der Waals surface area contributed by atoms with Gasteiger partial charge in [-0.05, 0) is 26.7 Å². The smallest absolute Gasteiger partial charge is 0.111 e. The molecule has 1 unspecified atom stereocenters. The molecular weight excluding hydrogens is 252 g/mol. The lowest BCUT2D eigenvalue weighted by molar-refractivity contribution is -0.129. The van der Waals surface area contributed by atoms with Gasteiger partial charge in [0, 0.05) is 32.0 Å². The van der Waals surface area contributed by atoms with E-state index in [0.29, 0.717) is 13.0 Å². The van der Waals surface area contributed by atoms with E-state index in [1.807, 2.05) is 19.3 Å². The SMILES string of the molecule is CCOC1(C(O)Cc2nccn2CC)CCCCCC1. The van der Waals surface area contributed by atoms with Crippen LogP contribution in [0.3, 0.4) is 0 Å². The molecule has 0 spiro atoms. The topological polar surface area (TPSA) is 47.3 Å². The highest BCUT2D eigenvalue weighted by Gasteiger charge is 2.39. The van der Waals surface area contributed by atoms with Crippen LogP contribution in [0.2, 0.25) is 0 Å². The summed E-state index contributed by atoms with van der Waals surface area (Å²) < 4.78 is 8.14. The first-order valence-corrected chi connectivity index (χ1v) is 8.04. The van der Waals surface area contributed by atoms with E-state index in [2.05, 4.69) is 16.5 Å². The van der Waals surface area contributed by atoms with Gasteiger partial charge in [-0.2, -0.15) is 0 Å². The van der Waals surface area contributed by atoms with E-state index in [1.165, 1.54) is 12.8 Å². The third-order valence-electron chi connectivity index (χ3n) is 4.51. The third-order valence-corrected chi connectivity index (χ3v) is 4.51. The molecule has 1 N–H and O–H groups in total. The van der Waals surface area contributed by atoms with Crippen LogP contribution in [-0.2, 0) is 17.7 Å². The van der Waals surface area contributed by atoms with Gasteiger partial charge in [-0.3, -0.25) is 0 Å². The fraction of sp³-hybridized carbons (Fsp3) is 0.812. The Labute approximate surface area is 122 Å². The number of aromatic nitrogens is 2. The van der Waals surface area contributed by atoms with Gasteiger partial charge in [0.2, 0.25) is 0 Å². The summed E-state index contributed by atoms with van der Waals surface area (Å²) in [5, 5.41) is 10.8. The Bertz CT molecular complexity index is 395. The second-order valence-electron chi connectivity index (χ2n) is 5.76. The lowest BCUT2D eigenvalue weighted by Crippen LogP contribution is -2.46. The van der Waals surface area contributed by atoms with E-state index in [-0.39, 0.29) is 5.60 Å². The van der Waals surface area contributed by atoms with E-state index in [1.54, 1.807) is 0 Å². The van der Waals surface area contributed by atoms with E-state index in [4.69, 9.17) is 4.74 Å². The zero-order valence-electron chi connectivity index (χ0n) is 12.8. The summed E-state index contributed by atoms with van der Waals surface area (Å²) >= 11 is 0. The van der Waals surface area contributed by atoms with E-state index in [9.17, 15) is 5.11 Å². The lowest BCUT2D eigenvalue weighted by atomic mass is 9.86. The molecule has 0 saturated heterocycles. The molecule has 4 heteroatoms. The maximum absolute atomic E-state index is 10.8. The number of aliphatic hydroxyl groups is 1.